The lowest BCUT2D eigenvalue weighted by Crippen LogP contribution is -2.18. The molecule has 0 aromatic heterocycles. The highest BCUT2D eigenvalue weighted by molar-refractivity contribution is 7.98. The third-order valence-electron chi connectivity index (χ3n) is 2.95. The number of nitrogens with one attached hydrogen (secondary N) is 1. The minimum atomic E-state index is -3.68. The summed E-state index contributed by atoms with van der Waals surface area (Å²) in [5.74, 6) is 0.629. The second kappa shape index (κ2) is 8.03. The summed E-state index contributed by atoms with van der Waals surface area (Å²) in [6.07, 6.45) is 3.46. The predicted molar refractivity (Wildman–Crippen MR) is 93.7 cm³/mol. The summed E-state index contributed by atoms with van der Waals surface area (Å²) in [6, 6.07) is 13.8. The molecule has 23 heavy (non-hydrogen) atoms. The lowest BCUT2D eigenvalue weighted by Gasteiger charge is -2.05. The van der Waals surface area contributed by atoms with Crippen LogP contribution in [0, 0.1) is 0 Å². The van der Waals surface area contributed by atoms with Crippen molar-refractivity contribution in [2.24, 2.45) is 5.10 Å². The highest BCUT2D eigenvalue weighted by atomic mass is 32.2. The molecule has 2 aromatic rings. The van der Waals surface area contributed by atoms with E-state index in [0.717, 1.165) is 10.5 Å². The summed E-state index contributed by atoms with van der Waals surface area (Å²) in [6.45, 7) is 2.40. The zero-order valence-electron chi connectivity index (χ0n) is 12.9. The van der Waals surface area contributed by atoms with Crippen molar-refractivity contribution in [1.82, 2.24) is 4.83 Å². The fraction of sp³-hybridized carbons (Fsp3) is 0.188. The molecule has 122 valence electrons. The minimum Gasteiger partial charge on any atom is -0.494 e. The van der Waals surface area contributed by atoms with Crippen molar-refractivity contribution >= 4 is 28.0 Å². The molecule has 7 heteroatoms. The van der Waals surface area contributed by atoms with Gasteiger partial charge in [-0.25, -0.2) is 4.83 Å². The van der Waals surface area contributed by atoms with Crippen molar-refractivity contribution in [2.75, 3.05) is 12.9 Å². The highest BCUT2D eigenvalue weighted by Crippen LogP contribution is 2.16. The van der Waals surface area contributed by atoms with Crippen LogP contribution < -0.4 is 9.57 Å². The smallest absolute Gasteiger partial charge is 0.276 e. The molecular formula is C16H18N2O3S2. The Morgan fingerprint density at radius 2 is 1.78 bits per heavy atom. The SMILES string of the molecule is CCOc1ccc(S(=O)(=O)NN=Cc2ccc(SC)cc2)cc1. The first-order valence-electron chi connectivity index (χ1n) is 6.97. The number of ether oxygens (including phenoxy) is 1. The topological polar surface area (TPSA) is 67.8 Å². The first kappa shape index (κ1) is 17.4. The van der Waals surface area contributed by atoms with Crippen molar-refractivity contribution in [3.63, 3.8) is 0 Å². The molecule has 5 nitrogen and oxygen atoms in total. The van der Waals surface area contributed by atoms with Gasteiger partial charge in [-0.1, -0.05) is 12.1 Å². The Labute approximate surface area is 140 Å². The summed E-state index contributed by atoms with van der Waals surface area (Å²) in [7, 11) is -3.68. The van der Waals surface area contributed by atoms with Crippen LogP contribution in [-0.2, 0) is 10.0 Å². The molecule has 0 aliphatic carbocycles. The summed E-state index contributed by atoms with van der Waals surface area (Å²) in [5, 5.41) is 3.80. The van der Waals surface area contributed by atoms with E-state index in [4.69, 9.17) is 4.74 Å². The fourth-order valence-corrected chi connectivity index (χ4v) is 2.99. The molecule has 0 fully saturated rings. The number of sulfonamides is 1. The van der Waals surface area contributed by atoms with Crippen LogP contribution in [0.25, 0.3) is 0 Å². The van der Waals surface area contributed by atoms with E-state index in [1.165, 1.54) is 18.3 Å². The molecule has 0 radical (unpaired) electrons. The van der Waals surface area contributed by atoms with Gasteiger partial charge < -0.3 is 4.74 Å². The van der Waals surface area contributed by atoms with Crippen LogP contribution in [0.2, 0.25) is 0 Å². The van der Waals surface area contributed by atoms with E-state index in [-0.39, 0.29) is 4.90 Å². The number of benzene rings is 2. The van der Waals surface area contributed by atoms with Gasteiger partial charge in [-0.3, -0.25) is 0 Å². The Kier molecular flexibility index (Phi) is 6.06. The molecule has 0 aliphatic rings. The molecular weight excluding hydrogens is 332 g/mol. The molecule has 0 aliphatic heterocycles. The van der Waals surface area contributed by atoms with E-state index in [0.29, 0.717) is 12.4 Å². The van der Waals surface area contributed by atoms with Gasteiger partial charge in [-0.05, 0) is 55.1 Å². The van der Waals surface area contributed by atoms with Gasteiger partial charge in [-0.2, -0.15) is 13.5 Å². The summed E-state index contributed by atoms with van der Waals surface area (Å²) >= 11 is 1.64. The van der Waals surface area contributed by atoms with Crippen LogP contribution >= 0.6 is 11.8 Å². The maximum Gasteiger partial charge on any atom is 0.276 e. The van der Waals surface area contributed by atoms with Crippen molar-refractivity contribution < 1.29 is 13.2 Å². The van der Waals surface area contributed by atoms with Crippen LogP contribution in [-0.4, -0.2) is 27.5 Å². The molecule has 0 bridgehead atoms. The molecule has 1 N–H and O–H groups in total. The minimum absolute atomic E-state index is 0.135. The number of hydrogen-bond acceptors (Lipinski definition) is 5. The second-order valence-electron chi connectivity index (χ2n) is 4.53. The van der Waals surface area contributed by atoms with Gasteiger partial charge in [0.05, 0.1) is 17.7 Å². The van der Waals surface area contributed by atoms with E-state index < -0.39 is 10.0 Å². The number of hydrogen-bond donors (Lipinski definition) is 1. The Morgan fingerprint density at radius 1 is 1.13 bits per heavy atom. The molecule has 2 rings (SSSR count). The van der Waals surface area contributed by atoms with Crippen molar-refractivity contribution in [3.8, 4) is 5.75 Å². The third-order valence-corrected chi connectivity index (χ3v) is 4.93. The lowest BCUT2D eigenvalue weighted by atomic mass is 10.2. The second-order valence-corrected chi connectivity index (χ2v) is 7.07. The zero-order chi connectivity index (χ0) is 16.7. The molecule has 0 atom stereocenters. The number of hydrazone groups is 1. The van der Waals surface area contributed by atoms with Crippen LogP contribution in [0.3, 0.4) is 0 Å². The van der Waals surface area contributed by atoms with Gasteiger partial charge in [0.25, 0.3) is 10.0 Å². The van der Waals surface area contributed by atoms with E-state index in [1.54, 1.807) is 23.9 Å². The summed E-state index contributed by atoms with van der Waals surface area (Å²) in [5.41, 5.74) is 0.817. The normalized spacial score (nSPS) is 11.6. The van der Waals surface area contributed by atoms with Crippen LogP contribution in [0.5, 0.6) is 5.75 Å². The quantitative estimate of drug-likeness (QED) is 0.473. The highest BCUT2D eigenvalue weighted by Gasteiger charge is 2.12. The van der Waals surface area contributed by atoms with E-state index >= 15 is 0 Å². The predicted octanol–water partition coefficient (Wildman–Crippen LogP) is 3.12. The molecule has 2 aromatic carbocycles. The molecule has 0 saturated heterocycles. The first-order chi connectivity index (χ1) is 11.0. The molecule has 0 unspecified atom stereocenters. The van der Waals surface area contributed by atoms with Crippen molar-refractivity contribution in [1.29, 1.82) is 0 Å². The molecule has 0 amide bonds. The standard InChI is InChI=1S/C16H18N2O3S2/c1-3-21-14-6-10-16(11-7-14)23(19,20)18-17-12-13-4-8-15(22-2)9-5-13/h4-12,18H,3H2,1-2H3. The molecule has 0 heterocycles. The number of thioether (sulfide) groups is 1. The summed E-state index contributed by atoms with van der Waals surface area (Å²) < 4.78 is 29.5. The zero-order valence-corrected chi connectivity index (χ0v) is 14.5. The molecule has 0 saturated carbocycles. The van der Waals surface area contributed by atoms with Gasteiger partial charge >= 0.3 is 0 Å². The van der Waals surface area contributed by atoms with E-state index in [1.807, 2.05) is 37.4 Å². The largest absolute Gasteiger partial charge is 0.494 e. The van der Waals surface area contributed by atoms with Crippen LogP contribution in [0.4, 0.5) is 0 Å². The molecule has 0 spiro atoms. The van der Waals surface area contributed by atoms with Gasteiger partial charge in [0.1, 0.15) is 5.75 Å². The van der Waals surface area contributed by atoms with Crippen molar-refractivity contribution in [3.05, 3.63) is 54.1 Å². The number of nitrogens with zero attached hydrogens (tertiary/aromatic N) is 1. The fourth-order valence-electron chi connectivity index (χ4n) is 1.79. The average molecular weight is 350 g/mol. The lowest BCUT2D eigenvalue weighted by molar-refractivity contribution is 0.340. The first-order valence-corrected chi connectivity index (χ1v) is 9.67. The maximum absolute atomic E-state index is 12.1. The van der Waals surface area contributed by atoms with Gasteiger partial charge in [0.15, 0.2) is 0 Å². The third kappa shape index (κ3) is 5.01. The van der Waals surface area contributed by atoms with Gasteiger partial charge in [0, 0.05) is 4.90 Å². The van der Waals surface area contributed by atoms with E-state index in [9.17, 15) is 8.42 Å². The summed E-state index contributed by atoms with van der Waals surface area (Å²) in [4.78, 5) is 3.47. The Morgan fingerprint density at radius 3 is 2.35 bits per heavy atom. The van der Waals surface area contributed by atoms with E-state index in [2.05, 4.69) is 9.93 Å². The monoisotopic (exact) mass is 350 g/mol. The van der Waals surface area contributed by atoms with Gasteiger partial charge in [-0.15, -0.1) is 11.8 Å². The Hall–Kier alpha value is -1.99. The van der Waals surface area contributed by atoms with Gasteiger partial charge in [0.2, 0.25) is 0 Å². The van der Waals surface area contributed by atoms with Crippen LogP contribution in [0.1, 0.15) is 12.5 Å². The number of rotatable bonds is 7. The van der Waals surface area contributed by atoms with Crippen LogP contribution in [0.15, 0.2) is 63.4 Å². The Balaban J connectivity index is 2.03. The average Bonchev–Trinajstić information content (AvgIpc) is 2.56. The Bertz CT molecular complexity index is 755. The van der Waals surface area contributed by atoms with Crippen molar-refractivity contribution in [2.45, 2.75) is 16.7 Å². The maximum atomic E-state index is 12.1.